The van der Waals surface area contributed by atoms with Crippen LogP contribution >= 0.6 is 0 Å². The van der Waals surface area contributed by atoms with Gasteiger partial charge in [0.2, 0.25) is 0 Å². The van der Waals surface area contributed by atoms with Crippen molar-refractivity contribution >= 4 is 11.7 Å². The molecule has 1 unspecified atom stereocenters. The van der Waals surface area contributed by atoms with Crippen molar-refractivity contribution in [3.05, 3.63) is 59.2 Å². The van der Waals surface area contributed by atoms with Crippen molar-refractivity contribution in [1.29, 1.82) is 0 Å². The van der Waals surface area contributed by atoms with Gasteiger partial charge in [-0.15, -0.1) is 0 Å². The van der Waals surface area contributed by atoms with Gasteiger partial charge in [-0.3, -0.25) is 0 Å². The number of hydrogen-bond acceptors (Lipinski definition) is 6. The van der Waals surface area contributed by atoms with Crippen LogP contribution in [0.5, 0.6) is 11.5 Å². The highest BCUT2D eigenvalue weighted by Crippen LogP contribution is 2.37. The molecule has 25 heavy (non-hydrogen) atoms. The number of carbonyl (C=O) groups is 1. The van der Waals surface area contributed by atoms with Crippen LogP contribution in [0.1, 0.15) is 28.4 Å². The number of carbonyl (C=O) groups excluding carboxylic acids is 1. The highest BCUT2D eigenvalue weighted by atomic mass is 16.7. The average molecular weight is 341 g/mol. The maximum absolute atomic E-state index is 12.1. The molecule has 0 aliphatic carbocycles. The van der Waals surface area contributed by atoms with Crippen LogP contribution in [0.15, 0.2) is 47.6 Å². The minimum absolute atomic E-state index is 0.311. The van der Waals surface area contributed by atoms with Crippen LogP contribution in [-0.2, 0) is 16.2 Å². The van der Waals surface area contributed by atoms with E-state index in [1.165, 1.54) is 0 Å². The van der Waals surface area contributed by atoms with Gasteiger partial charge in [0.05, 0.1) is 26.4 Å². The third kappa shape index (κ3) is 3.34. The Labute approximate surface area is 146 Å². The molecule has 0 aromatic heterocycles. The van der Waals surface area contributed by atoms with Crippen LogP contribution < -0.4 is 9.47 Å². The zero-order chi connectivity index (χ0) is 17.8. The number of fused-ring (bicyclic) bond motifs is 1. The maximum Gasteiger partial charge on any atom is 0.365 e. The third-order valence-electron chi connectivity index (χ3n) is 4.02. The lowest BCUT2D eigenvalue weighted by Crippen LogP contribution is -2.29. The normalized spacial score (nSPS) is 17.7. The summed E-state index contributed by atoms with van der Waals surface area (Å²) in [4.78, 5) is 17.2. The Kier molecular flexibility index (Phi) is 5.00. The zero-order valence-corrected chi connectivity index (χ0v) is 14.3. The number of hydrogen-bond donors (Lipinski definition) is 0. The average Bonchev–Trinajstić information content (AvgIpc) is 2.66. The van der Waals surface area contributed by atoms with E-state index in [9.17, 15) is 4.79 Å². The van der Waals surface area contributed by atoms with Gasteiger partial charge < -0.3 is 19.0 Å². The third-order valence-corrected chi connectivity index (χ3v) is 4.02. The Morgan fingerprint density at radius 2 is 1.88 bits per heavy atom. The molecule has 6 heteroatoms. The lowest BCUT2D eigenvalue weighted by Gasteiger charge is -2.26. The fourth-order valence-corrected chi connectivity index (χ4v) is 2.72. The molecule has 1 atom stereocenters. The van der Waals surface area contributed by atoms with E-state index in [0.29, 0.717) is 29.4 Å². The minimum Gasteiger partial charge on any atom is -0.493 e. The fraction of sp³-hybridized carbons (Fsp3) is 0.263. The second-order valence-corrected chi connectivity index (χ2v) is 5.50. The van der Waals surface area contributed by atoms with E-state index >= 15 is 0 Å². The van der Waals surface area contributed by atoms with Crippen molar-refractivity contribution < 1.29 is 23.8 Å². The van der Waals surface area contributed by atoms with Crippen LogP contribution in [0, 0.1) is 0 Å². The van der Waals surface area contributed by atoms with Crippen LogP contribution in [0.25, 0.3) is 0 Å². The molecule has 0 amide bonds. The Bertz CT molecular complexity index is 801. The molecule has 0 N–H and O–H groups in total. The van der Waals surface area contributed by atoms with Gasteiger partial charge in [-0.25, -0.2) is 4.79 Å². The monoisotopic (exact) mass is 341 g/mol. The van der Waals surface area contributed by atoms with E-state index in [-0.39, 0.29) is 6.10 Å². The van der Waals surface area contributed by atoms with E-state index in [2.05, 4.69) is 5.16 Å². The molecule has 0 spiro atoms. The molecule has 1 aliphatic heterocycles. The predicted molar refractivity (Wildman–Crippen MR) is 92.2 cm³/mol. The molecule has 3 rings (SSSR count). The molecule has 1 heterocycles. The minimum atomic E-state index is -0.520. The molecule has 0 saturated heterocycles. The van der Waals surface area contributed by atoms with Crippen LogP contribution in [-0.4, -0.2) is 32.0 Å². The lowest BCUT2D eigenvalue weighted by molar-refractivity contribution is 0.0490. The van der Waals surface area contributed by atoms with Crippen molar-refractivity contribution in [2.45, 2.75) is 19.6 Å². The van der Waals surface area contributed by atoms with Crippen molar-refractivity contribution in [3.63, 3.8) is 0 Å². The van der Waals surface area contributed by atoms with Crippen LogP contribution in [0.2, 0.25) is 0 Å². The highest BCUT2D eigenvalue weighted by molar-refractivity contribution is 6.06. The van der Waals surface area contributed by atoms with E-state index in [4.69, 9.17) is 19.0 Å². The van der Waals surface area contributed by atoms with Crippen LogP contribution in [0.4, 0.5) is 0 Å². The van der Waals surface area contributed by atoms with Gasteiger partial charge in [-0.2, -0.15) is 0 Å². The van der Waals surface area contributed by atoms with Gasteiger partial charge in [-0.05, 0) is 31.2 Å². The number of methoxy groups -OCH3 is 2. The van der Waals surface area contributed by atoms with Crippen molar-refractivity contribution in [2.75, 3.05) is 14.2 Å². The number of nitrogens with zero attached hydrogens (tertiary/aromatic N) is 1. The Morgan fingerprint density at radius 1 is 1.12 bits per heavy atom. The second kappa shape index (κ2) is 7.36. The summed E-state index contributed by atoms with van der Waals surface area (Å²) in [5, 5.41) is 4.06. The molecule has 130 valence electrons. The largest absolute Gasteiger partial charge is 0.493 e. The summed E-state index contributed by atoms with van der Waals surface area (Å²) >= 11 is 0. The van der Waals surface area contributed by atoms with Crippen molar-refractivity contribution in [1.82, 2.24) is 0 Å². The summed E-state index contributed by atoms with van der Waals surface area (Å²) in [6.45, 7) is 2.22. The quantitative estimate of drug-likeness (QED) is 0.631. The van der Waals surface area contributed by atoms with Crippen molar-refractivity contribution in [3.8, 4) is 11.5 Å². The van der Waals surface area contributed by atoms with Gasteiger partial charge in [0.15, 0.2) is 11.5 Å². The zero-order valence-electron chi connectivity index (χ0n) is 14.3. The van der Waals surface area contributed by atoms with Gasteiger partial charge in [0.25, 0.3) is 0 Å². The molecular weight excluding hydrogens is 322 g/mol. The van der Waals surface area contributed by atoms with Gasteiger partial charge in [0, 0.05) is 11.1 Å². The Hall–Kier alpha value is -2.86. The first kappa shape index (κ1) is 17.0. The molecular formula is C19H19NO5. The van der Waals surface area contributed by atoms with E-state index in [1.807, 2.05) is 19.1 Å². The van der Waals surface area contributed by atoms with E-state index < -0.39 is 5.97 Å². The summed E-state index contributed by atoms with van der Waals surface area (Å²) in [7, 11) is 3.15. The molecule has 0 bridgehead atoms. The second-order valence-electron chi connectivity index (χ2n) is 5.50. The molecule has 0 saturated carbocycles. The number of rotatable bonds is 4. The number of oxime groups is 1. The number of benzene rings is 2. The fourth-order valence-electron chi connectivity index (χ4n) is 2.72. The van der Waals surface area contributed by atoms with Gasteiger partial charge in [0.1, 0.15) is 11.8 Å². The number of ether oxygens (including phenoxy) is 3. The SMILES string of the molecule is COc1ccc2c(c1OC)COC(C)/C2=N/OC(=O)c1ccccc1. The predicted octanol–water partition coefficient (Wildman–Crippen LogP) is 3.18. The van der Waals surface area contributed by atoms with E-state index in [0.717, 1.165) is 11.1 Å². The topological polar surface area (TPSA) is 66.3 Å². The molecule has 0 fully saturated rings. The van der Waals surface area contributed by atoms with Crippen molar-refractivity contribution in [2.24, 2.45) is 5.16 Å². The highest BCUT2D eigenvalue weighted by Gasteiger charge is 2.28. The first-order valence-corrected chi connectivity index (χ1v) is 7.85. The summed E-state index contributed by atoms with van der Waals surface area (Å²) in [5.41, 5.74) is 2.60. The molecule has 1 aliphatic rings. The molecule has 2 aromatic rings. The smallest absolute Gasteiger partial charge is 0.365 e. The summed E-state index contributed by atoms with van der Waals surface area (Å²) in [6.07, 6.45) is -0.311. The Balaban J connectivity index is 1.94. The summed E-state index contributed by atoms with van der Waals surface area (Å²) in [6, 6.07) is 12.4. The molecule has 2 aromatic carbocycles. The first-order chi connectivity index (χ1) is 12.2. The molecule has 0 radical (unpaired) electrons. The van der Waals surface area contributed by atoms with E-state index in [1.54, 1.807) is 44.6 Å². The standard InChI is InChI=1S/C19H19NO5/c1-12-17(20-25-19(21)13-7-5-4-6-8-13)14-9-10-16(22-2)18(23-3)15(14)11-24-12/h4-10,12H,11H2,1-3H3/b20-17-. The first-order valence-electron chi connectivity index (χ1n) is 7.85. The lowest BCUT2D eigenvalue weighted by atomic mass is 9.96. The summed E-state index contributed by atoms with van der Waals surface area (Å²) < 4.78 is 16.5. The maximum atomic E-state index is 12.1. The summed E-state index contributed by atoms with van der Waals surface area (Å²) in [5.74, 6) is 0.682. The van der Waals surface area contributed by atoms with Gasteiger partial charge in [-0.1, -0.05) is 23.4 Å². The molecule has 6 nitrogen and oxygen atoms in total. The Morgan fingerprint density at radius 3 is 2.56 bits per heavy atom. The van der Waals surface area contributed by atoms with Gasteiger partial charge >= 0.3 is 5.97 Å². The van der Waals surface area contributed by atoms with Crippen LogP contribution in [0.3, 0.4) is 0 Å².